The molecular formula is C12H17N3OS. The van der Waals surface area contributed by atoms with Gasteiger partial charge in [-0.2, -0.15) is 0 Å². The Labute approximate surface area is 107 Å². The van der Waals surface area contributed by atoms with E-state index in [9.17, 15) is 0 Å². The van der Waals surface area contributed by atoms with Crippen LogP contribution in [0.1, 0.15) is 18.5 Å². The van der Waals surface area contributed by atoms with Gasteiger partial charge in [0, 0.05) is 12.6 Å². The smallest absolute Gasteiger partial charge is 0.137 e. The summed E-state index contributed by atoms with van der Waals surface area (Å²) in [6.45, 7) is 1.63. The van der Waals surface area contributed by atoms with Gasteiger partial charge in [-0.05, 0) is 32.0 Å². The SMILES string of the molecule is CN(CCOc1ccc(C(N)=S)nc1)C1CC1. The lowest BCUT2D eigenvalue weighted by Gasteiger charge is -2.15. The number of ether oxygens (including phenoxy) is 1. The van der Waals surface area contributed by atoms with Crippen LogP contribution in [0, 0.1) is 0 Å². The van der Waals surface area contributed by atoms with Gasteiger partial charge < -0.3 is 15.4 Å². The maximum Gasteiger partial charge on any atom is 0.137 e. The first-order chi connectivity index (χ1) is 8.16. The van der Waals surface area contributed by atoms with Gasteiger partial charge in [-0.1, -0.05) is 12.2 Å². The average Bonchev–Trinajstić information content (AvgIpc) is 3.13. The van der Waals surface area contributed by atoms with Gasteiger partial charge in [0.15, 0.2) is 0 Å². The largest absolute Gasteiger partial charge is 0.491 e. The summed E-state index contributed by atoms with van der Waals surface area (Å²) >= 11 is 4.83. The second-order valence-corrected chi connectivity index (χ2v) is 4.74. The van der Waals surface area contributed by atoms with Gasteiger partial charge in [-0.15, -0.1) is 0 Å². The van der Waals surface area contributed by atoms with Crippen molar-refractivity contribution in [2.45, 2.75) is 18.9 Å². The highest BCUT2D eigenvalue weighted by atomic mass is 32.1. The van der Waals surface area contributed by atoms with Gasteiger partial charge in [0.05, 0.1) is 11.9 Å². The van der Waals surface area contributed by atoms with E-state index >= 15 is 0 Å². The lowest BCUT2D eigenvalue weighted by atomic mass is 10.3. The Kier molecular flexibility index (Phi) is 3.91. The van der Waals surface area contributed by atoms with Crippen molar-refractivity contribution in [1.29, 1.82) is 0 Å². The number of pyridine rings is 1. The zero-order valence-corrected chi connectivity index (χ0v) is 10.7. The predicted octanol–water partition coefficient (Wildman–Crippen LogP) is 1.19. The summed E-state index contributed by atoms with van der Waals surface area (Å²) in [5.41, 5.74) is 6.09. The molecule has 0 saturated heterocycles. The number of nitrogens with two attached hydrogens (primary N) is 1. The van der Waals surface area contributed by atoms with Crippen molar-refractivity contribution >= 4 is 17.2 Å². The molecule has 0 aromatic carbocycles. The summed E-state index contributed by atoms with van der Waals surface area (Å²) < 4.78 is 5.60. The molecule has 4 nitrogen and oxygen atoms in total. The van der Waals surface area contributed by atoms with E-state index in [2.05, 4.69) is 16.9 Å². The number of hydrogen-bond acceptors (Lipinski definition) is 4. The number of rotatable bonds is 6. The maximum absolute atomic E-state index is 5.60. The van der Waals surface area contributed by atoms with Crippen molar-refractivity contribution in [1.82, 2.24) is 9.88 Å². The van der Waals surface area contributed by atoms with Crippen LogP contribution >= 0.6 is 12.2 Å². The fourth-order valence-electron chi connectivity index (χ4n) is 1.62. The van der Waals surface area contributed by atoms with Gasteiger partial charge in [-0.25, -0.2) is 4.98 Å². The standard InChI is InChI=1S/C12H17N3OS/c1-15(9-2-3-9)6-7-16-10-4-5-11(12(13)17)14-8-10/h4-5,8-9H,2-3,6-7H2,1H3,(H2,13,17). The maximum atomic E-state index is 5.60. The van der Waals surface area contributed by atoms with E-state index in [0.717, 1.165) is 18.3 Å². The minimum atomic E-state index is 0.310. The van der Waals surface area contributed by atoms with Crippen LogP contribution in [0.25, 0.3) is 0 Å². The molecular weight excluding hydrogens is 234 g/mol. The van der Waals surface area contributed by atoms with E-state index in [1.54, 1.807) is 12.3 Å². The monoisotopic (exact) mass is 251 g/mol. The molecule has 0 aliphatic heterocycles. The molecule has 1 fully saturated rings. The zero-order chi connectivity index (χ0) is 12.3. The van der Waals surface area contributed by atoms with Crippen molar-refractivity contribution in [3.8, 4) is 5.75 Å². The first-order valence-electron chi connectivity index (χ1n) is 5.75. The van der Waals surface area contributed by atoms with E-state index < -0.39 is 0 Å². The van der Waals surface area contributed by atoms with Crippen molar-refractivity contribution < 1.29 is 4.74 Å². The Morgan fingerprint density at radius 3 is 2.88 bits per heavy atom. The van der Waals surface area contributed by atoms with Crippen molar-refractivity contribution in [3.63, 3.8) is 0 Å². The van der Waals surface area contributed by atoms with Crippen LogP contribution in [0.5, 0.6) is 5.75 Å². The molecule has 0 unspecified atom stereocenters. The van der Waals surface area contributed by atoms with Crippen molar-refractivity contribution in [2.75, 3.05) is 20.2 Å². The Morgan fingerprint density at radius 2 is 2.35 bits per heavy atom. The zero-order valence-electron chi connectivity index (χ0n) is 9.93. The van der Waals surface area contributed by atoms with Crippen LogP contribution < -0.4 is 10.5 Å². The van der Waals surface area contributed by atoms with Crippen LogP contribution in [-0.2, 0) is 0 Å². The molecule has 5 heteroatoms. The molecule has 0 bridgehead atoms. The van der Waals surface area contributed by atoms with E-state index in [1.165, 1.54) is 12.8 Å². The second kappa shape index (κ2) is 5.42. The highest BCUT2D eigenvalue weighted by molar-refractivity contribution is 7.80. The van der Waals surface area contributed by atoms with Crippen LogP contribution in [-0.4, -0.2) is 41.1 Å². The third-order valence-electron chi connectivity index (χ3n) is 2.87. The summed E-state index contributed by atoms with van der Waals surface area (Å²) in [6, 6.07) is 4.40. The third-order valence-corrected chi connectivity index (χ3v) is 3.08. The fraction of sp³-hybridized carbons (Fsp3) is 0.500. The molecule has 0 amide bonds. The number of nitrogens with zero attached hydrogens (tertiary/aromatic N) is 2. The molecule has 92 valence electrons. The molecule has 1 aliphatic carbocycles. The molecule has 0 spiro atoms. The Morgan fingerprint density at radius 1 is 1.59 bits per heavy atom. The summed E-state index contributed by atoms with van der Waals surface area (Å²) in [4.78, 5) is 6.76. The highest BCUT2D eigenvalue weighted by Crippen LogP contribution is 2.24. The molecule has 1 aromatic rings. The van der Waals surface area contributed by atoms with E-state index in [-0.39, 0.29) is 0 Å². The molecule has 0 radical (unpaired) electrons. The van der Waals surface area contributed by atoms with Gasteiger partial charge in [0.2, 0.25) is 0 Å². The number of hydrogen-bond donors (Lipinski definition) is 1. The highest BCUT2D eigenvalue weighted by Gasteiger charge is 2.25. The van der Waals surface area contributed by atoms with E-state index in [0.29, 0.717) is 17.3 Å². The van der Waals surface area contributed by atoms with Gasteiger partial charge in [0.1, 0.15) is 17.3 Å². The van der Waals surface area contributed by atoms with Gasteiger partial charge >= 0.3 is 0 Å². The summed E-state index contributed by atoms with van der Waals surface area (Å²) in [5, 5.41) is 0. The van der Waals surface area contributed by atoms with Crippen molar-refractivity contribution in [3.05, 3.63) is 24.0 Å². The molecule has 0 atom stereocenters. The normalized spacial score (nSPS) is 14.9. The van der Waals surface area contributed by atoms with Crippen LogP contribution in [0.3, 0.4) is 0 Å². The van der Waals surface area contributed by atoms with E-state index in [4.69, 9.17) is 22.7 Å². The quantitative estimate of drug-likeness (QED) is 0.770. The minimum absolute atomic E-state index is 0.310. The number of aromatic nitrogens is 1. The fourth-order valence-corrected chi connectivity index (χ4v) is 1.74. The second-order valence-electron chi connectivity index (χ2n) is 4.30. The molecule has 1 saturated carbocycles. The molecule has 17 heavy (non-hydrogen) atoms. The minimum Gasteiger partial charge on any atom is -0.491 e. The molecule has 1 aromatic heterocycles. The first kappa shape index (κ1) is 12.3. The van der Waals surface area contributed by atoms with Crippen LogP contribution in [0.4, 0.5) is 0 Å². The molecule has 2 rings (SSSR count). The predicted molar refractivity (Wildman–Crippen MR) is 71.3 cm³/mol. The number of thiocarbonyl (C=S) groups is 1. The Bertz CT molecular complexity index is 389. The molecule has 1 heterocycles. The Hall–Kier alpha value is -1.20. The average molecular weight is 251 g/mol. The number of likely N-dealkylation sites (N-methyl/N-ethyl adjacent to an activating group) is 1. The molecule has 1 aliphatic rings. The Balaban J connectivity index is 1.76. The molecule has 2 N–H and O–H groups in total. The third kappa shape index (κ3) is 3.64. The van der Waals surface area contributed by atoms with Crippen LogP contribution in [0.15, 0.2) is 18.3 Å². The van der Waals surface area contributed by atoms with Gasteiger partial charge in [0.25, 0.3) is 0 Å². The summed E-state index contributed by atoms with van der Waals surface area (Å²) in [7, 11) is 2.13. The van der Waals surface area contributed by atoms with Crippen LogP contribution in [0.2, 0.25) is 0 Å². The lowest BCUT2D eigenvalue weighted by molar-refractivity contribution is 0.231. The first-order valence-corrected chi connectivity index (χ1v) is 6.16. The summed E-state index contributed by atoms with van der Waals surface area (Å²) in [6.07, 6.45) is 4.30. The topological polar surface area (TPSA) is 51.4 Å². The lowest BCUT2D eigenvalue weighted by Crippen LogP contribution is -2.26. The van der Waals surface area contributed by atoms with Crippen molar-refractivity contribution in [2.24, 2.45) is 5.73 Å². The van der Waals surface area contributed by atoms with Gasteiger partial charge in [-0.3, -0.25) is 0 Å². The van der Waals surface area contributed by atoms with E-state index in [1.807, 2.05) is 6.07 Å². The summed E-state index contributed by atoms with van der Waals surface area (Å²) in [5.74, 6) is 0.759.